The molecule has 1 aromatic heterocycles. The molecule has 0 fully saturated rings. The van der Waals surface area contributed by atoms with Crippen molar-refractivity contribution >= 4 is 0 Å². The lowest BCUT2D eigenvalue weighted by atomic mass is 10.0. The van der Waals surface area contributed by atoms with E-state index in [-0.39, 0.29) is 0 Å². The molecule has 1 atom stereocenters. The molecule has 1 heterocycles. The number of aliphatic hydroxyl groups excluding tert-OH is 1. The highest BCUT2D eigenvalue weighted by atomic mass is 16.4. The van der Waals surface area contributed by atoms with Crippen LogP contribution in [0.3, 0.4) is 0 Å². The molecule has 1 unspecified atom stereocenters. The third kappa shape index (κ3) is 5.72. The van der Waals surface area contributed by atoms with E-state index in [1.807, 2.05) is 13.0 Å². The van der Waals surface area contributed by atoms with Gasteiger partial charge in [0.2, 0.25) is 0 Å². The summed E-state index contributed by atoms with van der Waals surface area (Å²) in [7, 11) is 0. The van der Waals surface area contributed by atoms with Crippen LogP contribution in [0.5, 0.6) is 0 Å². The van der Waals surface area contributed by atoms with Gasteiger partial charge in [-0.15, -0.1) is 0 Å². The van der Waals surface area contributed by atoms with E-state index in [0.29, 0.717) is 0 Å². The minimum Gasteiger partial charge on any atom is -0.466 e. The molecule has 18 heavy (non-hydrogen) atoms. The van der Waals surface area contributed by atoms with Gasteiger partial charge in [-0.2, -0.15) is 0 Å². The van der Waals surface area contributed by atoms with Crippen LogP contribution in [0.25, 0.3) is 0 Å². The van der Waals surface area contributed by atoms with E-state index in [4.69, 9.17) is 4.42 Å². The molecule has 2 heteroatoms. The van der Waals surface area contributed by atoms with Gasteiger partial charge in [0.05, 0.1) is 6.26 Å². The highest BCUT2D eigenvalue weighted by molar-refractivity contribution is 5.16. The van der Waals surface area contributed by atoms with Crippen LogP contribution in [-0.4, -0.2) is 5.11 Å². The fourth-order valence-electron chi connectivity index (χ4n) is 2.33. The molecule has 1 rings (SSSR count). The Labute approximate surface area is 111 Å². The Hall–Kier alpha value is -0.760. The van der Waals surface area contributed by atoms with Gasteiger partial charge in [0.1, 0.15) is 11.9 Å². The largest absolute Gasteiger partial charge is 0.466 e. The summed E-state index contributed by atoms with van der Waals surface area (Å²) in [6.07, 6.45) is 12.5. The van der Waals surface area contributed by atoms with Crippen molar-refractivity contribution in [2.75, 3.05) is 0 Å². The fourth-order valence-corrected chi connectivity index (χ4v) is 2.33. The van der Waals surface area contributed by atoms with Crippen molar-refractivity contribution in [3.8, 4) is 0 Å². The van der Waals surface area contributed by atoms with Crippen molar-refractivity contribution < 1.29 is 9.52 Å². The Kier molecular flexibility index (Phi) is 7.83. The second kappa shape index (κ2) is 9.21. The Bertz CT molecular complexity index is 304. The number of aliphatic hydroxyl groups is 1. The third-order valence-electron chi connectivity index (χ3n) is 3.54. The minimum absolute atomic E-state index is 0.417. The van der Waals surface area contributed by atoms with Crippen molar-refractivity contribution in [2.24, 2.45) is 0 Å². The van der Waals surface area contributed by atoms with Crippen LogP contribution in [0.1, 0.15) is 82.1 Å². The maximum atomic E-state index is 9.97. The van der Waals surface area contributed by atoms with Gasteiger partial charge in [0, 0.05) is 0 Å². The van der Waals surface area contributed by atoms with E-state index in [1.165, 1.54) is 44.9 Å². The molecular formula is C16H28O2. The van der Waals surface area contributed by atoms with Crippen LogP contribution >= 0.6 is 0 Å². The average molecular weight is 252 g/mol. The Balaban J connectivity index is 1.99. The SMILES string of the molecule is CCCCCCCCCCC(O)c1occc1C. The maximum Gasteiger partial charge on any atom is 0.135 e. The zero-order valence-electron chi connectivity index (χ0n) is 12.0. The Morgan fingerprint density at radius 2 is 1.67 bits per heavy atom. The third-order valence-corrected chi connectivity index (χ3v) is 3.54. The van der Waals surface area contributed by atoms with Crippen LogP contribution in [0.2, 0.25) is 0 Å². The van der Waals surface area contributed by atoms with Crippen molar-refractivity contribution in [3.05, 3.63) is 23.7 Å². The van der Waals surface area contributed by atoms with E-state index >= 15 is 0 Å². The van der Waals surface area contributed by atoms with E-state index in [2.05, 4.69) is 6.92 Å². The topological polar surface area (TPSA) is 33.4 Å². The maximum absolute atomic E-state index is 9.97. The minimum atomic E-state index is -0.417. The zero-order valence-corrected chi connectivity index (χ0v) is 12.0. The molecule has 2 nitrogen and oxygen atoms in total. The quantitative estimate of drug-likeness (QED) is 0.584. The fraction of sp³-hybridized carbons (Fsp3) is 0.750. The van der Waals surface area contributed by atoms with Gasteiger partial charge < -0.3 is 9.52 Å². The van der Waals surface area contributed by atoms with Gasteiger partial charge in [-0.1, -0.05) is 58.3 Å². The summed E-state index contributed by atoms with van der Waals surface area (Å²) < 4.78 is 5.30. The predicted octanol–water partition coefficient (Wildman–Crippen LogP) is 5.15. The smallest absolute Gasteiger partial charge is 0.135 e. The molecule has 1 N–H and O–H groups in total. The molecule has 104 valence electrons. The average Bonchev–Trinajstić information content (AvgIpc) is 2.79. The van der Waals surface area contributed by atoms with Crippen molar-refractivity contribution in [3.63, 3.8) is 0 Å². The summed E-state index contributed by atoms with van der Waals surface area (Å²) in [6, 6.07) is 1.91. The Morgan fingerprint density at radius 3 is 2.22 bits per heavy atom. The molecule has 0 saturated heterocycles. The van der Waals surface area contributed by atoms with Crippen molar-refractivity contribution in [2.45, 2.75) is 77.7 Å². The molecular weight excluding hydrogens is 224 g/mol. The summed E-state index contributed by atoms with van der Waals surface area (Å²) in [5, 5.41) is 9.97. The van der Waals surface area contributed by atoms with E-state index in [0.717, 1.165) is 24.2 Å². The van der Waals surface area contributed by atoms with Crippen molar-refractivity contribution in [1.29, 1.82) is 0 Å². The molecule has 0 aliphatic carbocycles. The van der Waals surface area contributed by atoms with Crippen LogP contribution in [0.15, 0.2) is 16.7 Å². The lowest BCUT2D eigenvalue weighted by Gasteiger charge is -2.08. The summed E-state index contributed by atoms with van der Waals surface area (Å²) in [6.45, 7) is 4.23. The van der Waals surface area contributed by atoms with Gasteiger partial charge in [-0.05, 0) is 25.0 Å². The van der Waals surface area contributed by atoms with Crippen LogP contribution in [0.4, 0.5) is 0 Å². The molecule has 0 bridgehead atoms. The summed E-state index contributed by atoms with van der Waals surface area (Å²) in [5.41, 5.74) is 1.06. The molecule has 0 radical (unpaired) electrons. The number of hydrogen-bond acceptors (Lipinski definition) is 2. The standard InChI is InChI=1S/C16H28O2/c1-3-4-5-6-7-8-9-10-11-15(17)16-14(2)12-13-18-16/h12-13,15,17H,3-11H2,1-2H3. The van der Waals surface area contributed by atoms with Crippen LogP contribution in [-0.2, 0) is 0 Å². The zero-order chi connectivity index (χ0) is 13.2. The molecule has 0 spiro atoms. The predicted molar refractivity (Wildman–Crippen MR) is 75.6 cm³/mol. The van der Waals surface area contributed by atoms with E-state index in [9.17, 15) is 5.11 Å². The van der Waals surface area contributed by atoms with E-state index in [1.54, 1.807) is 6.26 Å². The summed E-state index contributed by atoms with van der Waals surface area (Å²) in [4.78, 5) is 0. The normalized spacial score (nSPS) is 12.8. The molecule has 0 aliphatic rings. The van der Waals surface area contributed by atoms with Gasteiger partial charge in [0.15, 0.2) is 0 Å². The number of aryl methyl sites for hydroxylation is 1. The first kappa shape index (κ1) is 15.3. The molecule has 0 aliphatic heterocycles. The Morgan fingerprint density at radius 1 is 1.06 bits per heavy atom. The van der Waals surface area contributed by atoms with E-state index < -0.39 is 6.10 Å². The van der Waals surface area contributed by atoms with Gasteiger partial charge >= 0.3 is 0 Å². The van der Waals surface area contributed by atoms with Gasteiger partial charge in [-0.3, -0.25) is 0 Å². The molecule has 0 amide bonds. The number of furan rings is 1. The lowest BCUT2D eigenvalue weighted by molar-refractivity contribution is 0.136. The monoisotopic (exact) mass is 252 g/mol. The summed E-state index contributed by atoms with van der Waals surface area (Å²) >= 11 is 0. The van der Waals surface area contributed by atoms with Gasteiger partial charge in [-0.25, -0.2) is 0 Å². The van der Waals surface area contributed by atoms with Gasteiger partial charge in [0.25, 0.3) is 0 Å². The number of rotatable bonds is 10. The number of hydrogen-bond donors (Lipinski definition) is 1. The molecule has 1 aromatic rings. The first-order chi connectivity index (χ1) is 8.75. The highest BCUT2D eigenvalue weighted by Gasteiger charge is 2.12. The lowest BCUT2D eigenvalue weighted by Crippen LogP contribution is -1.97. The summed E-state index contributed by atoms with van der Waals surface area (Å²) in [5.74, 6) is 0.748. The van der Waals surface area contributed by atoms with Crippen LogP contribution in [0, 0.1) is 6.92 Å². The first-order valence-electron chi connectivity index (χ1n) is 7.47. The number of unbranched alkanes of at least 4 members (excludes halogenated alkanes) is 7. The second-order valence-electron chi connectivity index (χ2n) is 5.25. The highest BCUT2D eigenvalue weighted by Crippen LogP contribution is 2.23. The van der Waals surface area contributed by atoms with Crippen LogP contribution < -0.4 is 0 Å². The van der Waals surface area contributed by atoms with Crippen molar-refractivity contribution in [1.82, 2.24) is 0 Å². The second-order valence-corrected chi connectivity index (χ2v) is 5.25. The molecule has 0 saturated carbocycles. The molecule has 0 aromatic carbocycles. The first-order valence-corrected chi connectivity index (χ1v) is 7.47.